The highest BCUT2D eigenvalue weighted by atomic mass is 16.5. The number of benzene rings is 1. The zero-order valence-electron chi connectivity index (χ0n) is 11.5. The Morgan fingerprint density at radius 2 is 1.78 bits per heavy atom. The number of ether oxygens (including phenoxy) is 1. The summed E-state index contributed by atoms with van der Waals surface area (Å²) in [5.41, 5.74) is 1.92. The summed E-state index contributed by atoms with van der Waals surface area (Å²) in [7, 11) is 0. The van der Waals surface area contributed by atoms with Crippen LogP contribution in [0.1, 0.15) is 54.1 Å². The first-order valence-corrected chi connectivity index (χ1v) is 6.53. The quantitative estimate of drug-likeness (QED) is 0.618. The molecule has 0 amide bonds. The summed E-state index contributed by atoms with van der Waals surface area (Å²) in [5.74, 6) is -0.0628. The van der Waals surface area contributed by atoms with Crippen LogP contribution in [0.5, 0.6) is 5.75 Å². The molecule has 3 nitrogen and oxygen atoms in total. The first kappa shape index (κ1) is 14.6. The van der Waals surface area contributed by atoms with E-state index in [0.717, 1.165) is 12.8 Å². The number of hydrogen-bond acceptors (Lipinski definition) is 3. The highest BCUT2D eigenvalue weighted by Gasteiger charge is 2.11. The molecule has 0 unspecified atom stereocenters. The predicted octanol–water partition coefficient (Wildman–Crippen LogP) is 3.75. The molecule has 100 valence electrons. The van der Waals surface area contributed by atoms with Gasteiger partial charge in [0.1, 0.15) is 5.75 Å². The number of hydrogen-bond donors (Lipinski definition) is 1. The van der Waals surface area contributed by atoms with Crippen LogP contribution in [0.2, 0.25) is 0 Å². The Kier molecular flexibility index (Phi) is 5.69. The molecule has 0 aromatic heterocycles. The van der Waals surface area contributed by atoms with Gasteiger partial charge < -0.3 is 9.84 Å². The molecule has 1 rings (SSSR count). The van der Waals surface area contributed by atoms with Crippen molar-refractivity contribution in [2.45, 2.75) is 46.5 Å². The third-order valence-corrected chi connectivity index (χ3v) is 2.96. The third-order valence-electron chi connectivity index (χ3n) is 2.96. The van der Waals surface area contributed by atoms with Gasteiger partial charge >= 0.3 is 5.97 Å². The SMILES string of the molecule is CCCCCCOC(=O)c1cc(C)c(O)c(C)c1. The number of phenolic OH excluding ortho intramolecular Hbond substituents is 1. The van der Waals surface area contributed by atoms with Crippen molar-refractivity contribution < 1.29 is 14.6 Å². The molecule has 0 aliphatic heterocycles. The molecular weight excluding hydrogens is 228 g/mol. The number of carbonyl (C=O) groups is 1. The number of aromatic hydroxyl groups is 1. The molecule has 0 saturated carbocycles. The van der Waals surface area contributed by atoms with Crippen LogP contribution in [0.15, 0.2) is 12.1 Å². The van der Waals surface area contributed by atoms with Crippen molar-refractivity contribution in [1.82, 2.24) is 0 Å². The van der Waals surface area contributed by atoms with Crippen LogP contribution >= 0.6 is 0 Å². The minimum Gasteiger partial charge on any atom is -0.507 e. The number of aryl methyl sites for hydroxylation is 2. The number of carbonyl (C=O) groups excluding carboxylic acids is 1. The number of rotatable bonds is 6. The van der Waals surface area contributed by atoms with E-state index in [1.165, 1.54) is 12.8 Å². The van der Waals surface area contributed by atoms with Gasteiger partial charge in [0.05, 0.1) is 12.2 Å². The van der Waals surface area contributed by atoms with Crippen molar-refractivity contribution in [2.24, 2.45) is 0 Å². The van der Waals surface area contributed by atoms with E-state index >= 15 is 0 Å². The van der Waals surface area contributed by atoms with Crippen molar-refractivity contribution in [3.8, 4) is 5.75 Å². The fraction of sp³-hybridized carbons (Fsp3) is 0.533. The Balaban J connectivity index is 2.52. The van der Waals surface area contributed by atoms with Crippen molar-refractivity contribution in [1.29, 1.82) is 0 Å². The minimum absolute atomic E-state index is 0.245. The van der Waals surface area contributed by atoms with Gasteiger partial charge in [0.15, 0.2) is 0 Å². The molecule has 0 saturated heterocycles. The standard InChI is InChI=1S/C15H22O3/c1-4-5-6-7-8-18-15(17)13-9-11(2)14(16)12(3)10-13/h9-10,16H,4-8H2,1-3H3. The molecule has 0 fully saturated rings. The number of phenols is 1. The lowest BCUT2D eigenvalue weighted by atomic mass is 10.1. The fourth-order valence-corrected chi connectivity index (χ4v) is 1.85. The van der Waals surface area contributed by atoms with Gasteiger partial charge in [0.25, 0.3) is 0 Å². The lowest BCUT2D eigenvalue weighted by molar-refractivity contribution is 0.0497. The first-order chi connectivity index (χ1) is 8.56. The molecule has 0 aliphatic carbocycles. The molecule has 0 atom stereocenters. The first-order valence-electron chi connectivity index (χ1n) is 6.53. The number of unbranched alkanes of at least 4 members (excludes halogenated alkanes) is 3. The van der Waals surface area contributed by atoms with Crippen molar-refractivity contribution in [3.05, 3.63) is 28.8 Å². The zero-order chi connectivity index (χ0) is 13.5. The molecule has 0 spiro atoms. The summed E-state index contributed by atoms with van der Waals surface area (Å²) in [4.78, 5) is 11.8. The van der Waals surface area contributed by atoms with Crippen LogP contribution in [-0.4, -0.2) is 17.7 Å². The Bertz CT molecular complexity index is 387. The Morgan fingerprint density at radius 3 is 2.33 bits per heavy atom. The summed E-state index contributed by atoms with van der Waals surface area (Å²) in [6.07, 6.45) is 4.35. The molecule has 18 heavy (non-hydrogen) atoms. The van der Waals surface area contributed by atoms with Crippen LogP contribution in [-0.2, 0) is 4.74 Å². The maximum atomic E-state index is 11.8. The average Bonchev–Trinajstić information content (AvgIpc) is 2.34. The maximum Gasteiger partial charge on any atom is 0.338 e. The minimum atomic E-state index is -0.308. The third kappa shape index (κ3) is 4.06. The van der Waals surface area contributed by atoms with Gasteiger partial charge in [-0.15, -0.1) is 0 Å². The fourth-order valence-electron chi connectivity index (χ4n) is 1.85. The van der Waals surface area contributed by atoms with Gasteiger partial charge in [-0.1, -0.05) is 26.2 Å². The maximum absolute atomic E-state index is 11.8. The van der Waals surface area contributed by atoms with Gasteiger partial charge in [-0.2, -0.15) is 0 Å². The van der Waals surface area contributed by atoms with Gasteiger partial charge in [0.2, 0.25) is 0 Å². The van der Waals surface area contributed by atoms with Gasteiger partial charge in [0, 0.05) is 0 Å². The molecule has 1 N–H and O–H groups in total. The van der Waals surface area contributed by atoms with E-state index in [0.29, 0.717) is 23.3 Å². The lowest BCUT2D eigenvalue weighted by Gasteiger charge is -2.08. The highest BCUT2D eigenvalue weighted by Crippen LogP contribution is 2.23. The van der Waals surface area contributed by atoms with E-state index in [1.54, 1.807) is 26.0 Å². The molecule has 0 bridgehead atoms. The highest BCUT2D eigenvalue weighted by molar-refractivity contribution is 5.90. The van der Waals surface area contributed by atoms with Crippen LogP contribution in [0, 0.1) is 13.8 Å². The Morgan fingerprint density at radius 1 is 1.17 bits per heavy atom. The average molecular weight is 250 g/mol. The van der Waals surface area contributed by atoms with Crippen molar-refractivity contribution in [2.75, 3.05) is 6.61 Å². The Hall–Kier alpha value is -1.51. The van der Waals surface area contributed by atoms with E-state index in [9.17, 15) is 9.90 Å². The Labute approximate surface area is 109 Å². The van der Waals surface area contributed by atoms with Crippen LogP contribution in [0.25, 0.3) is 0 Å². The second kappa shape index (κ2) is 7.04. The molecule has 1 aromatic rings. The van der Waals surface area contributed by atoms with Gasteiger partial charge in [-0.3, -0.25) is 0 Å². The second-order valence-corrected chi connectivity index (χ2v) is 4.66. The van der Waals surface area contributed by atoms with Crippen LogP contribution in [0.3, 0.4) is 0 Å². The molecule has 0 heterocycles. The monoisotopic (exact) mass is 250 g/mol. The summed E-state index contributed by atoms with van der Waals surface area (Å²) in [6.45, 7) is 6.17. The summed E-state index contributed by atoms with van der Waals surface area (Å²) in [6, 6.07) is 3.33. The zero-order valence-corrected chi connectivity index (χ0v) is 11.5. The topological polar surface area (TPSA) is 46.5 Å². The van der Waals surface area contributed by atoms with E-state index in [2.05, 4.69) is 6.92 Å². The predicted molar refractivity (Wildman–Crippen MR) is 72.0 cm³/mol. The summed E-state index contributed by atoms with van der Waals surface area (Å²) in [5, 5.41) is 9.63. The largest absolute Gasteiger partial charge is 0.507 e. The van der Waals surface area contributed by atoms with Gasteiger partial charge in [-0.05, 0) is 43.5 Å². The van der Waals surface area contributed by atoms with Crippen molar-refractivity contribution >= 4 is 5.97 Å². The van der Waals surface area contributed by atoms with Gasteiger partial charge in [-0.25, -0.2) is 4.79 Å². The summed E-state index contributed by atoms with van der Waals surface area (Å²) >= 11 is 0. The normalized spacial score (nSPS) is 10.4. The number of esters is 1. The lowest BCUT2D eigenvalue weighted by Crippen LogP contribution is -2.07. The van der Waals surface area contributed by atoms with Crippen molar-refractivity contribution in [3.63, 3.8) is 0 Å². The smallest absolute Gasteiger partial charge is 0.338 e. The van der Waals surface area contributed by atoms with Crippen LogP contribution < -0.4 is 0 Å². The summed E-state index contributed by atoms with van der Waals surface area (Å²) < 4.78 is 5.20. The van der Waals surface area contributed by atoms with Crippen LogP contribution in [0.4, 0.5) is 0 Å². The molecule has 0 radical (unpaired) electrons. The van der Waals surface area contributed by atoms with E-state index in [4.69, 9.17) is 4.74 Å². The molecular formula is C15H22O3. The molecule has 0 aliphatic rings. The second-order valence-electron chi connectivity index (χ2n) is 4.66. The molecule has 1 aromatic carbocycles. The molecule has 3 heteroatoms. The van der Waals surface area contributed by atoms with E-state index in [1.807, 2.05) is 0 Å². The van der Waals surface area contributed by atoms with E-state index in [-0.39, 0.29) is 11.7 Å². The van der Waals surface area contributed by atoms with E-state index < -0.39 is 0 Å².